The summed E-state index contributed by atoms with van der Waals surface area (Å²) in [6, 6.07) is 10.5. The van der Waals surface area contributed by atoms with E-state index in [1.54, 1.807) is 4.90 Å². The van der Waals surface area contributed by atoms with E-state index < -0.39 is 0 Å². The Morgan fingerprint density at radius 1 is 1.18 bits per heavy atom. The lowest BCUT2D eigenvalue weighted by Gasteiger charge is -2.32. The molecule has 0 spiro atoms. The third-order valence-electron chi connectivity index (χ3n) is 4.07. The van der Waals surface area contributed by atoms with Crippen molar-refractivity contribution in [2.75, 3.05) is 26.2 Å². The first-order valence-corrected chi connectivity index (χ1v) is 7.94. The maximum atomic E-state index is 11.9. The maximum Gasteiger partial charge on any atom is 0.410 e. The number of hydrogen-bond donors (Lipinski definition) is 0. The molecule has 4 nitrogen and oxygen atoms in total. The van der Waals surface area contributed by atoms with Gasteiger partial charge in [-0.2, -0.15) is 0 Å². The van der Waals surface area contributed by atoms with Gasteiger partial charge in [-0.25, -0.2) is 4.79 Å². The second kappa shape index (κ2) is 9.70. The Balaban J connectivity index is 0.00000242. The molecule has 1 amide bonds. The number of rotatable bonds is 5. The Morgan fingerprint density at radius 2 is 1.77 bits per heavy atom. The highest BCUT2D eigenvalue weighted by molar-refractivity contribution is 5.85. The molecule has 22 heavy (non-hydrogen) atoms. The van der Waals surface area contributed by atoms with E-state index >= 15 is 0 Å². The number of carbonyl (C=O) groups excluding carboxylic acids is 1. The van der Waals surface area contributed by atoms with Crippen LogP contribution in [0.15, 0.2) is 30.3 Å². The highest BCUT2D eigenvalue weighted by Gasteiger charge is 2.23. The molecule has 2 rings (SSSR count). The van der Waals surface area contributed by atoms with Crippen molar-refractivity contribution in [2.45, 2.75) is 39.3 Å². The molecular weight excluding hydrogens is 300 g/mol. The predicted molar refractivity (Wildman–Crippen MR) is 91.4 cm³/mol. The summed E-state index contributed by atoms with van der Waals surface area (Å²) in [5.41, 5.74) is 1.34. The Hall–Kier alpha value is -1.26. The lowest BCUT2D eigenvalue weighted by Crippen LogP contribution is -2.40. The molecule has 1 aliphatic rings. The Labute approximate surface area is 139 Å². The van der Waals surface area contributed by atoms with Gasteiger partial charge in [-0.1, -0.05) is 30.3 Å². The minimum atomic E-state index is -0.165. The van der Waals surface area contributed by atoms with E-state index in [-0.39, 0.29) is 24.6 Å². The van der Waals surface area contributed by atoms with Gasteiger partial charge in [-0.15, -0.1) is 12.4 Å². The Morgan fingerprint density at radius 3 is 2.32 bits per heavy atom. The van der Waals surface area contributed by atoms with Crippen molar-refractivity contribution < 1.29 is 9.53 Å². The quantitative estimate of drug-likeness (QED) is 0.829. The largest absolute Gasteiger partial charge is 0.446 e. The Kier molecular flexibility index (Phi) is 8.28. The first-order valence-electron chi connectivity index (χ1n) is 7.94. The first kappa shape index (κ1) is 18.8. The van der Waals surface area contributed by atoms with Gasteiger partial charge >= 0.3 is 6.09 Å². The van der Waals surface area contributed by atoms with Crippen molar-refractivity contribution in [2.24, 2.45) is 0 Å². The smallest absolute Gasteiger partial charge is 0.410 e. The zero-order chi connectivity index (χ0) is 15.1. The van der Waals surface area contributed by atoms with Crippen molar-refractivity contribution in [1.29, 1.82) is 0 Å². The number of piperidine rings is 1. The third-order valence-corrected chi connectivity index (χ3v) is 4.07. The van der Waals surface area contributed by atoms with Crippen LogP contribution in [-0.4, -0.2) is 48.2 Å². The van der Waals surface area contributed by atoms with Crippen LogP contribution in [0.1, 0.15) is 32.3 Å². The van der Waals surface area contributed by atoms with Gasteiger partial charge < -0.3 is 9.64 Å². The van der Waals surface area contributed by atoms with Gasteiger partial charge in [0.15, 0.2) is 0 Å². The summed E-state index contributed by atoms with van der Waals surface area (Å²) in [5, 5.41) is 0. The molecule has 1 heterocycles. The fraction of sp³-hybridized carbons (Fsp3) is 0.588. The van der Waals surface area contributed by atoms with Crippen LogP contribution in [-0.2, 0) is 11.3 Å². The van der Waals surface area contributed by atoms with Gasteiger partial charge in [0.05, 0.1) is 0 Å². The topological polar surface area (TPSA) is 32.8 Å². The number of hydrogen-bond acceptors (Lipinski definition) is 3. The SMILES string of the molecule is CCN(CC)C(=O)OC1CCN(Cc2ccccc2)CC1.Cl. The molecule has 1 aliphatic heterocycles. The zero-order valence-corrected chi connectivity index (χ0v) is 14.3. The summed E-state index contributed by atoms with van der Waals surface area (Å²) in [5.74, 6) is 0. The van der Waals surface area contributed by atoms with Crippen molar-refractivity contribution in [3.63, 3.8) is 0 Å². The van der Waals surface area contributed by atoms with E-state index in [2.05, 4.69) is 29.2 Å². The Bertz CT molecular complexity index is 430. The van der Waals surface area contributed by atoms with Gasteiger partial charge in [0.1, 0.15) is 6.10 Å². The summed E-state index contributed by atoms with van der Waals surface area (Å²) < 4.78 is 5.59. The third kappa shape index (κ3) is 5.50. The maximum absolute atomic E-state index is 11.9. The van der Waals surface area contributed by atoms with Crippen LogP contribution in [0, 0.1) is 0 Å². The number of halogens is 1. The fourth-order valence-corrected chi connectivity index (χ4v) is 2.73. The minimum Gasteiger partial charge on any atom is -0.446 e. The van der Waals surface area contributed by atoms with Gasteiger partial charge in [0.2, 0.25) is 0 Å². The van der Waals surface area contributed by atoms with Gasteiger partial charge in [-0.05, 0) is 32.3 Å². The molecule has 0 unspecified atom stereocenters. The molecule has 0 saturated carbocycles. The molecule has 0 aliphatic carbocycles. The molecular formula is C17H27ClN2O2. The lowest BCUT2D eigenvalue weighted by atomic mass is 10.1. The predicted octanol–water partition coefficient (Wildman–Crippen LogP) is 3.55. The molecule has 5 heteroatoms. The van der Waals surface area contributed by atoms with E-state index in [4.69, 9.17) is 4.74 Å². The van der Waals surface area contributed by atoms with Crippen molar-refractivity contribution in [3.05, 3.63) is 35.9 Å². The molecule has 0 bridgehead atoms. The monoisotopic (exact) mass is 326 g/mol. The second-order valence-electron chi connectivity index (χ2n) is 5.52. The van der Waals surface area contributed by atoms with E-state index in [0.717, 1.165) is 32.5 Å². The molecule has 1 aromatic carbocycles. The van der Waals surface area contributed by atoms with Crippen LogP contribution in [0.5, 0.6) is 0 Å². The first-order chi connectivity index (χ1) is 10.2. The lowest BCUT2D eigenvalue weighted by molar-refractivity contribution is 0.0286. The van der Waals surface area contributed by atoms with Gasteiger partial charge in [0.25, 0.3) is 0 Å². The second-order valence-corrected chi connectivity index (χ2v) is 5.52. The number of nitrogens with zero attached hydrogens (tertiary/aromatic N) is 2. The van der Waals surface area contributed by atoms with Crippen LogP contribution < -0.4 is 0 Å². The highest BCUT2D eigenvalue weighted by atomic mass is 35.5. The normalized spacial score (nSPS) is 15.9. The fourth-order valence-electron chi connectivity index (χ4n) is 2.73. The molecule has 0 N–H and O–H groups in total. The highest BCUT2D eigenvalue weighted by Crippen LogP contribution is 2.17. The number of likely N-dealkylation sites (tertiary alicyclic amines) is 1. The van der Waals surface area contributed by atoms with Gasteiger partial charge in [-0.3, -0.25) is 4.90 Å². The van der Waals surface area contributed by atoms with Crippen LogP contribution >= 0.6 is 12.4 Å². The van der Waals surface area contributed by atoms with E-state index in [1.807, 2.05) is 19.9 Å². The van der Waals surface area contributed by atoms with E-state index in [9.17, 15) is 4.79 Å². The summed E-state index contributed by atoms with van der Waals surface area (Å²) in [4.78, 5) is 16.1. The molecule has 0 atom stereocenters. The molecule has 0 radical (unpaired) electrons. The standard InChI is InChI=1S/C17H26N2O2.ClH/c1-3-19(4-2)17(20)21-16-10-12-18(13-11-16)14-15-8-6-5-7-9-15;/h5-9,16H,3-4,10-14H2,1-2H3;1H. The summed E-state index contributed by atoms with van der Waals surface area (Å²) >= 11 is 0. The van der Waals surface area contributed by atoms with Crippen molar-refractivity contribution in [3.8, 4) is 0 Å². The van der Waals surface area contributed by atoms with Crippen LogP contribution in [0.25, 0.3) is 0 Å². The summed E-state index contributed by atoms with van der Waals surface area (Å²) in [6.45, 7) is 8.35. The van der Waals surface area contributed by atoms with Gasteiger partial charge in [0, 0.05) is 32.7 Å². The van der Waals surface area contributed by atoms with E-state index in [1.165, 1.54) is 5.56 Å². The summed E-state index contributed by atoms with van der Waals surface area (Å²) in [7, 11) is 0. The molecule has 124 valence electrons. The average molecular weight is 327 g/mol. The van der Waals surface area contributed by atoms with Crippen LogP contribution in [0.4, 0.5) is 4.79 Å². The average Bonchev–Trinajstić information content (AvgIpc) is 2.51. The van der Waals surface area contributed by atoms with Crippen molar-refractivity contribution >= 4 is 18.5 Å². The summed E-state index contributed by atoms with van der Waals surface area (Å²) in [6.07, 6.45) is 1.77. The van der Waals surface area contributed by atoms with E-state index in [0.29, 0.717) is 13.1 Å². The molecule has 1 aromatic rings. The zero-order valence-electron chi connectivity index (χ0n) is 13.5. The molecule has 1 saturated heterocycles. The molecule has 0 aromatic heterocycles. The molecule has 1 fully saturated rings. The minimum absolute atomic E-state index is 0. The number of carbonyl (C=O) groups is 1. The number of amides is 1. The van der Waals surface area contributed by atoms with Crippen LogP contribution in [0.2, 0.25) is 0 Å². The number of ether oxygens (including phenoxy) is 1. The van der Waals surface area contributed by atoms with Crippen molar-refractivity contribution in [1.82, 2.24) is 9.80 Å². The van der Waals surface area contributed by atoms with Crippen LogP contribution in [0.3, 0.4) is 0 Å². The number of benzene rings is 1.